The van der Waals surface area contributed by atoms with Gasteiger partial charge in [-0.3, -0.25) is 4.79 Å². The molecule has 0 fully saturated rings. The second kappa shape index (κ2) is 3.95. The van der Waals surface area contributed by atoms with Crippen LogP contribution >= 0.6 is 0 Å². The zero-order valence-electron chi connectivity index (χ0n) is 8.67. The Hall–Kier alpha value is -0.790. The predicted octanol–water partition coefficient (Wildman–Crippen LogP) is 2.68. The fourth-order valence-corrected chi connectivity index (χ4v) is 1.82. The van der Waals surface area contributed by atoms with Crippen molar-refractivity contribution < 1.29 is 9.53 Å². The van der Waals surface area contributed by atoms with Gasteiger partial charge in [-0.05, 0) is 40.0 Å². The van der Waals surface area contributed by atoms with Crippen molar-refractivity contribution >= 4 is 6.47 Å². The van der Waals surface area contributed by atoms with Crippen LogP contribution in [0.25, 0.3) is 0 Å². The highest BCUT2D eigenvalue weighted by Gasteiger charge is 2.31. The molecule has 0 aromatic heterocycles. The maximum Gasteiger partial charge on any atom is 0.293 e. The van der Waals surface area contributed by atoms with Crippen molar-refractivity contribution in [3.8, 4) is 0 Å². The zero-order valence-corrected chi connectivity index (χ0v) is 8.67. The third-order valence-corrected chi connectivity index (χ3v) is 2.97. The van der Waals surface area contributed by atoms with Crippen molar-refractivity contribution in [1.29, 1.82) is 0 Å². The van der Waals surface area contributed by atoms with E-state index in [1.165, 1.54) is 5.57 Å². The van der Waals surface area contributed by atoms with Crippen molar-refractivity contribution in [1.82, 2.24) is 0 Å². The average Bonchev–Trinajstić information content (AvgIpc) is 2.05. The molecule has 1 aliphatic rings. The van der Waals surface area contributed by atoms with Crippen molar-refractivity contribution in [2.24, 2.45) is 5.92 Å². The molecule has 0 aromatic carbocycles. The molecule has 0 spiro atoms. The van der Waals surface area contributed by atoms with E-state index >= 15 is 0 Å². The summed E-state index contributed by atoms with van der Waals surface area (Å²) >= 11 is 0. The smallest absolute Gasteiger partial charge is 0.293 e. The Labute approximate surface area is 80.0 Å². The quantitative estimate of drug-likeness (QED) is 0.495. The number of carbonyl (C=O) groups excluding carboxylic acids is 1. The Morgan fingerprint density at radius 3 is 2.77 bits per heavy atom. The van der Waals surface area contributed by atoms with Gasteiger partial charge in [-0.1, -0.05) is 11.6 Å². The molecule has 0 amide bonds. The van der Waals surface area contributed by atoms with E-state index in [4.69, 9.17) is 4.74 Å². The Balaban J connectivity index is 2.58. The Kier molecular flexibility index (Phi) is 3.12. The lowest BCUT2D eigenvalue weighted by molar-refractivity contribution is -0.145. The number of rotatable bonds is 3. The van der Waals surface area contributed by atoms with E-state index in [-0.39, 0.29) is 5.60 Å². The Morgan fingerprint density at radius 1 is 1.62 bits per heavy atom. The number of hydrogen-bond acceptors (Lipinski definition) is 2. The molecule has 0 saturated carbocycles. The van der Waals surface area contributed by atoms with Crippen LogP contribution in [0.2, 0.25) is 0 Å². The van der Waals surface area contributed by atoms with Gasteiger partial charge < -0.3 is 4.74 Å². The minimum atomic E-state index is -0.307. The highest BCUT2D eigenvalue weighted by molar-refractivity contribution is 5.38. The maximum absolute atomic E-state index is 10.3. The first kappa shape index (κ1) is 10.3. The van der Waals surface area contributed by atoms with Gasteiger partial charge in [0.25, 0.3) is 6.47 Å². The third kappa shape index (κ3) is 2.58. The highest BCUT2D eigenvalue weighted by atomic mass is 16.5. The number of carbonyl (C=O) groups is 1. The highest BCUT2D eigenvalue weighted by Crippen LogP contribution is 2.33. The summed E-state index contributed by atoms with van der Waals surface area (Å²) < 4.78 is 5.09. The summed E-state index contributed by atoms with van der Waals surface area (Å²) in [6.07, 6.45) is 5.55. The van der Waals surface area contributed by atoms with Gasteiger partial charge in [0.1, 0.15) is 5.60 Å². The summed E-state index contributed by atoms with van der Waals surface area (Å²) in [5.74, 6) is 0.474. The zero-order chi connectivity index (χ0) is 9.90. The van der Waals surface area contributed by atoms with Crippen LogP contribution in [0.3, 0.4) is 0 Å². The van der Waals surface area contributed by atoms with E-state index < -0.39 is 0 Å². The summed E-state index contributed by atoms with van der Waals surface area (Å²) in [5.41, 5.74) is 1.15. The first-order valence-corrected chi connectivity index (χ1v) is 4.83. The van der Waals surface area contributed by atoms with Crippen molar-refractivity contribution in [2.45, 2.75) is 45.6 Å². The Morgan fingerprint density at radius 2 is 2.31 bits per heavy atom. The second-order valence-corrected chi connectivity index (χ2v) is 4.34. The molecule has 13 heavy (non-hydrogen) atoms. The van der Waals surface area contributed by atoms with Gasteiger partial charge in [0, 0.05) is 5.92 Å². The van der Waals surface area contributed by atoms with Crippen LogP contribution in [0.15, 0.2) is 11.6 Å². The minimum Gasteiger partial charge on any atom is -0.462 e. The standard InChI is InChI=1S/C11H18O2/c1-9-4-6-10(7-5-9)11(2,3)13-8-12/h4,8,10H,5-7H2,1-3H3/t10-/m0/s1. The molecular weight excluding hydrogens is 164 g/mol. The minimum absolute atomic E-state index is 0.307. The van der Waals surface area contributed by atoms with Gasteiger partial charge in [-0.25, -0.2) is 0 Å². The molecule has 0 aromatic rings. The lowest BCUT2D eigenvalue weighted by Crippen LogP contribution is -2.35. The molecule has 0 heterocycles. The molecule has 74 valence electrons. The summed E-state index contributed by atoms with van der Waals surface area (Å²) in [6.45, 7) is 6.69. The largest absolute Gasteiger partial charge is 0.462 e. The van der Waals surface area contributed by atoms with Gasteiger partial charge in [0.05, 0.1) is 0 Å². The first-order valence-electron chi connectivity index (χ1n) is 4.83. The molecular formula is C11H18O2. The van der Waals surface area contributed by atoms with Gasteiger partial charge >= 0.3 is 0 Å². The predicted molar refractivity (Wildman–Crippen MR) is 52.3 cm³/mol. The molecule has 2 nitrogen and oxygen atoms in total. The molecule has 0 saturated heterocycles. The van der Waals surface area contributed by atoms with E-state index in [1.807, 2.05) is 13.8 Å². The van der Waals surface area contributed by atoms with Gasteiger partial charge in [0.15, 0.2) is 0 Å². The third-order valence-electron chi connectivity index (χ3n) is 2.97. The molecule has 0 radical (unpaired) electrons. The van der Waals surface area contributed by atoms with E-state index in [0.717, 1.165) is 19.3 Å². The second-order valence-electron chi connectivity index (χ2n) is 4.34. The summed E-state index contributed by atoms with van der Waals surface area (Å²) in [5, 5.41) is 0. The molecule has 0 N–H and O–H groups in total. The molecule has 1 aliphatic carbocycles. The van der Waals surface area contributed by atoms with Crippen molar-refractivity contribution in [3.63, 3.8) is 0 Å². The lowest BCUT2D eigenvalue weighted by Gasteiger charge is -2.34. The summed E-state index contributed by atoms with van der Waals surface area (Å²) in [7, 11) is 0. The number of allylic oxidation sites excluding steroid dienone is 2. The van der Waals surface area contributed by atoms with E-state index in [9.17, 15) is 4.79 Å². The van der Waals surface area contributed by atoms with Crippen LogP contribution < -0.4 is 0 Å². The molecule has 1 rings (SSSR count). The maximum atomic E-state index is 10.3. The lowest BCUT2D eigenvalue weighted by atomic mass is 9.80. The van der Waals surface area contributed by atoms with E-state index in [2.05, 4.69) is 13.0 Å². The SMILES string of the molecule is CC1=CC[C@H](C(C)(C)OC=O)CC1. The average molecular weight is 182 g/mol. The molecule has 0 aliphatic heterocycles. The summed E-state index contributed by atoms with van der Waals surface area (Å²) in [4.78, 5) is 10.3. The van der Waals surface area contributed by atoms with Crippen molar-refractivity contribution in [2.75, 3.05) is 0 Å². The van der Waals surface area contributed by atoms with Crippen LogP contribution in [-0.2, 0) is 9.53 Å². The van der Waals surface area contributed by atoms with Gasteiger partial charge in [-0.2, -0.15) is 0 Å². The van der Waals surface area contributed by atoms with Crippen LogP contribution in [0.5, 0.6) is 0 Å². The normalized spacial score (nSPS) is 23.6. The number of hydrogen-bond donors (Lipinski definition) is 0. The van der Waals surface area contributed by atoms with Crippen LogP contribution in [0.1, 0.15) is 40.0 Å². The van der Waals surface area contributed by atoms with Crippen LogP contribution in [0.4, 0.5) is 0 Å². The molecule has 0 unspecified atom stereocenters. The van der Waals surface area contributed by atoms with E-state index in [0.29, 0.717) is 12.4 Å². The molecule has 1 atom stereocenters. The van der Waals surface area contributed by atoms with E-state index in [1.54, 1.807) is 0 Å². The van der Waals surface area contributed by atoms with Crippen LogP contribution in [-0.4, -0.2) is 12.1 Å². The van der Waals surface area contributed by atoms with Crippen LogP contribution in [0, 0.1) is 5.92 Å². The van der Waals surface area contributed by atoms with Gasteiger partial charge in [0.2, 0.25) is 0 Å². The fourth-order valence-electron chi connectivity index (χ4n) is 1.82. The monoisotopic (exact) mass is 182 g/mol. The Bertz CT molecular complexity index is 216. The van der Waals surface area contributed by atoms with Crippen molar-refractivity contribution in [3.05, 3.63) is 11.6 Å². The first-order chi connectivity index (χ1) is 6.06. The topological polar surface area (TPSA) is 26.3 Å². The molecule has 2 heteroatoms. The number of ether oxygens (including phenoxy) is 1. The summed E-state index contributed by atoms with van der Waals surface area (Å²) in [6, 6.07) is 0. The molecule has 0 bridgehead atoms. The van der Waals surface area contributed by atoms with Gasteiger partial charge in [-0.15, -0.1) is 0 Å². The fraction of sp³-hybridized carbons (Fsp3) is 0.727.